The van der Waals surface area contributed by atoms with Crippen LogP contribution < -0.4 is 0 Å². The van der Waals surface area contributed by atoms with Crippen molar-refractivity contribution in [2.45, 2.75) is 19.4 Å². The summed E-state index contributed by atoms with van der Waals surface area (Å²) in [5, 5.41) is 7.55. The molecule has 8 nitrogen and oxygen atoms in total. The van der Waals surface area contributed by atoms with Gasteiger partial charge in [-0.1, -0.05) is 18.2 Å². The average Bonchev–Trinajstić information content (AvgIpc) is 3.68. The summed E-state index contributed by atoms with van der Waals surface area (Å²) in [7, 11) is 0. The van der Waals surface area contributed by atoms with Gasteiger partial charge in [-0.3, -0.25) is 15.0 Å². The molecule has 0 amide bonds. The molecule has 0 radical (unpaired) electrons. The van der Waals surface area contributed by atoms with Crippen molar-refractivity contribution in [3.8, 4) is 33.9 Å². The molecule has 0 bridgehead atoms. The highest BCUT2D eigenvalue weighted by Crippen LogP contribution is 2.32. The zero-order valence-electron chi connectivity index (χ0n) is 19.9. The molecule has 1 aliphatic rings. The van der Waals surface area contributed by atoms with E-state index in [1.807, 2.05) is 30.6 Å². The lowest BCUT2D eigenvalue weighted by atomic mass is 10.1. The fraction of sp³-hybridized carbons (Fsp3) is 0.179. The Morgan fingerprint density at radius 3 is 2.73 bits per heavy atom. The quantitative estimate of drug-likeness (QED) is 0.338. The minimum atomic E-state index is -0.303. The van der Waals surface area contributed by atoms with E-state index in [2.05, 4.69) is 41.1 Å². The number of nitrogens with one attached hydrogen (secondary N) is 2. The van der Waals surface area contributed by atoms with Crippen molar-refractivity contribution in [2.75, 3.05) is 13.1 Å². The maximum absolute atomic E-state index is 14.5. The number of aromatic nitrogens is 7. The van der Waals surface area contributed by atoms with E-state index in [-0.39, 0.29) is 5.82 Å². The molecule has 0 unspecified atom stereocenters. The standard InChI is InChI=1S/C28H23FN8/c29-21-6-2-1-5-19(21)20-9-10-31-27-24(20)33-28(34-27)26-25-23(35-36-26)8-7-22(32-25)18-13-17(14-30-15-18)16-37-11-3-4-12-37/h1-2,5-10,13-15H,3-4,11-12,16H2,(H,35,36)(H,31,33,34). The Morgan fingerprint density at radius 2 is 1.84 bits per heavy atom. The summed E-state index contributed by atoms with van der Waals surface area (Å²) in [4.78, 5) is 24.2. The van der Waals surface area contributed by atoms with Gasteiger partial charge < -0.3 is 4.98 Å². The van der Waals surface area contributed by atoms with Crippen LogP contribution in [-0.4, -0.2) is 53.1 Å². The van der Waals surface area contributed by atoms with Crippen molar-refractivity contribution >= 4 is 22.2 Å². The Bertz CT molecular complexity index is 1750. The van der Waals surface area contributed by atoms with Crippen LogP contribution in [0, 0.1) is 5.82 Å². The lowest BCUT2D eigenvalue weighted by Gasteiger charge is -2.14. The first-order valence-electron chi connectivity index (χ1n) is 12.3. The number of aromatic amines is 2. The summed E-state index contributed by atoms with van der Waals surface area (Å²) in [5.41, 5.74) is 7.32. The molecule has 1 aromatic carbocycles. The van der Waals surface area contributed by atoms with Crippen molar-refractivity contribution in [1.82, 2.24) is 40.0 Å². The van der Waals surface area contributed by atoms with E-state index >= 15 is 0 Å². The van der Waals surface area contributed by atoms with E-state index in [9.17, 15) is 4.39 Å². The Kier molecular flexibility index (Phi) is 5.21. The van der Waals surface area contributed by atoms with Crippen LogP contribution in [0.5, 0.6) is 0 Å². The summed E-state index contributed by atoms with van der Waals surface area (Å²) < 4.78 is 14.5. The highest BCUT2D eigenvalue weighted by Gasteiger charge is 2.19. The monoisotopic (exact) mass is 490 g/mol. The Balaban J connectivity index is 1.29. The first-order chi connectivity index (χ1) is 18.2. The lowest BCUT2D eigenvalue weighted by molar-refractivity contribution is 0.331. The van der Waals surface area contributed by atoms with Crippen molar-refractivity contribution in [2.24, 2.45) is 0 Å². The summed E-state index contributed by atoms with van der Waals surface area (Å²) in [6.07, 6.45) is 7.92. The number of fused-ring (bicyclic) bond motifs is 2. The second-order valence-corrected chi connectivity index (χ2v) is 9.35. The van der Waals surface area contributed by atoms with Crippen molar-refractivity contribution in [3.05, 3.63) is 78.5 Å². The van der Waals surface area contributed by atoms with Crippen LogP contribution in [0.25, 0.3) is 56.1 Å². The Labute approximate surface area is 211 Å². The van der Waals surface area contributed by atoms with Crippen molar-refractivity contribution in [1.29, 1.82) is 0 Å². The normalized spacial score (nSPS) is 14.2. The molecular formula is C28H23FN8. The van der Waals surface area contributed by atoms with Gasteiger partial charge in [0, 0.05) is 41.8 Å². The third kappa shape index (κ3) is 3.93. The summed E-state index contributed by atoms with van der Waals surface area (Å²) in [6.45, 7) is 3.17. The first-order valence-corrected chi connectivity index (χ1v) is 12.3. The number of halogens is 1. The van der Waals surface area contributed by atoms with E-state index in [0.717, 1.165) is 36.4 Å². The molecule has 1 saturated heterocycles. The van der Waals surface area contributed by atoms with Crippen LogP contribution in [-0.2, 0) is 6.54 Å². The molecule has 0 atom stereocenters. The molecule has 182 valence electrons. The van der Waals surface area contributed by atoms with Crippen LogP contribution in [0.1, 0.15) is 18.4 Å². The molecule has 7 rings (SSSR count). The maximum atomic E-state index is 14.5. The lowest BCUT2D eigenvalue weighted by Crippen LogP contribution is -2.18. The Hall–Kier alpha value is -4.50. The minimum Gasteiger partial charge on any atom is -0.335 e. The largest absolute Gasteiger partial charge is 0.335 e. The van der Waals surface area contributed by atoms with E-state index < -0.39 is 0 Å². The summed E-state index contributed by atoms with van der Waals surface area (Å²) >= 11 is 0. The van der Waals surface area contributed by atoms with Crippen LogP contribution in [0.15, 0.2) is 67.1 Å². The number of likely N-dealkylation sites (tertiary alicyclic amines) is 1. The van der Waals surface area contributed by atoms with Gasteiger partial charge in [0.1, 0.15) is 11.3 Å². The highest BCUT2D eigenvalue weighted by atomic mass is 19.1. The third-order valence-electron chi connectivity index (χ3n) is 6.88. The fourth-order valence-electron chi connectivity index (χ4n) is 5.07. The second-order valence-electron chi connectivity index (χ2n) is 9.35. The zero-order chi connectivity index (χ0) is 24.8. The van der Waals surface area contributed by atoms with Gasteiger partial charge in [0.15, 0.2) is 17.2 Å². The number of benzene rings is 1. The maximum Gasteiger partial charge on any atom is 0.178 e. The number of imidazole rings is 1. The van der Waals surface area contributed by atoms with Gasteiger partial charge in [0.25, 0.3) is 0 Å². The molecule has 0 saturated carbocycles. The smallest absolute Gasteiger partial charge is 0.178 e. The van der Waals surface area contributed by atoms with Crippen LogP contribution >= 0.6 is 0 Å². The van der Waals surface area contributed by atoms with Gasteiger partial charge in [0.2, 0.25) is 0 Å². The predicted molar refractivity (Wildman–Crippen MR) is 140 cm³/mol. The second kappa shape index (κ2) is 8.86. The summed E-state index contributed by atoms with van der Waals surface area (Å²) in [5.74, 6) is 0.214. The van der Waals surface area contributed by atoms with E-state index in [1.165, 1.54) is 24.5 Å². The van der Waals surface area contributed by atoms with Gasteiger partial charge in [-0.05, 0) is 61.8 Å². The van der Waals surface area contributed by atoms with Gasteiger partial charge in [-0.15, -0.1) is 0 Å². The van der Waals surface area contributed by atoms with E-state index in [1.54, 1.807) is 24.4 Å². The van der Waals surface area contributed by atoms with Crippen molar-refractivity contribution < 1.29 is 4.39 Å². The van der Waals surface area contributed by atoms with E-state index in [4.69, 9.17) is 4.98 Å². The molecule has 5 aromatic heterocycles. The highest BCUT2D eigenvalue weighted by molar-refractivity contribution is 5.95. The molecule has 9 heteroatoms. The summed E-state index contributed by atoms with van der Waals surface area (Å²) in [6, 6.07) is 14.5. The topological polar surface area (TPSA) is 99.3 Å². The molecule has 0 spiro atoms. The number of H-pyrrole nitrogens is 2. The number of nitrogens with zero attached hydrogens (tertiary/aromatic N) is 6. The SMILES string of the molecule is Fc1ccccc1-c1ccnc2nc(-c3n[nH]c4ccc(-c5cncc(CN6CCCC6)c5)nc34)[nH]c12. The molecular weight excluding hydrogens is 467 g/mol. The van der Waals surface area contributed by atoms with Crippen molar-refractivity contribution in [3.63, 3.8) is 0 Å². The van der Waals surface area contributed by atoms with Gasteiger partial charge in [-0.2, -0.15) is 5.10 Å². The van der Waals surface area contributed by atoms with E-state index in [0.29, 0.717) is 39.3 Å². The molecule has 37 heavy (non-hydrogen) atoms. The first kappa shape index (κ1) is 21.8. The van der Waals surface area contributed by atoms with Gasteiger partial charge in [-0.25, -0.2) is 19.3 Å². The number of hydrogen-bond donors (Lipinski definition) is 2. The zero-order valence-corrected chi connectivity index (χ0v) is 19.9. The average molecular weight is 491 g/mol. The molecule has 6 aromatic rings. The van der Waals surface area contributed by atoms with Crippen LogP contribution in [0.4, 0.5) is 4.39 Å². The number of hydrogen-bond acceptors (Lipinski definition) is 6. The van der Waals surface area contributed by atoms with Crippen LogP contribution in [0.3, 0.4) is 0 Å². The molecule has 6 heterocycles. The van der Waals surface area contributed by atoms with Gasteiger partial charge >= 0.3 is 0 Å². The molecule has 1 fully saturated rings. The third-order valence-corrected chi connectivity index (χ3v) is 6.88. The number of rotatable bonds is 5. The minimum absolute atomic E-state index is 0.303. The Morgan fingerprint density at radius 1 is 0.946 bits per heavy atom. The molecule has 0 aliphatic carbocycles. The molecule has 1 aliphatic heterocycles. The fourth-order valence-corrected chi connectivity index (χ4v) is 5.07. The molecule has 2 N–H and O–H groups in total. The van der Waals surface area contributed by atoms with Gasteiger partial charge in [0.05, 0.1) is 16.7 Å². The van der Waals surface area contributed by atoms with Crippen LogP contribution in [0.2, 0.25) is 0 Å². The number of pyridine rings is 3. The predicted octanol–water partition coefficient (Wildman–Crippen LogP) is 5.36.